The molecule has 0 saturated carbocycles. The van der Waals surface area contributed by atoms with E-state index in [0.29, 0.717) is 0 Å². The minimum absolute atomic E-state index is 0.0511. The van der Waals surface area contributed by atoms with E-state index in [1.165, 1.54) is 0 Å². The Balaban J connectivity index is 2.21. The number of pyridine rings is 1. The van der Waals surface area contributed by atoms with Gasteiger partial charge >= 0.3 is 0 Å². The fraction of sp³-hybridized carbons (Fsp3) is 0.467. The van der Waals surface area contributed by atoms with Gasteiger partial charge in [-0.2, -0.15) is 0 Å². The van der Waals surface area contributed by atoms with Crippen LogP contribution in [0.1, 0.15) is 30.9 Å². The van der Waals surface area contributed by atoms with Crippen LogP contribution >= 0.6 is 0 Å². The van der Waals surface area contributed by atoms with Crippen LogP contribution in [0.2, 0.25) is 0 Å². The molecule has 20 heavy (non-hydrogen) atoms. The average molecular weight is 273 g/mol. The largest absolute Gasteiger partial charge is 0.337 e. The molecular weight excluding hydrogens is 250 g/mol. The van der Waals surface area contributed by atoms with Crippen LogP contribution in [0.15, 0.2) is 36.8 Å². The third kappa shape index (κ3) is 3.23. The monoisotopic (exact) mass is 273 g/mol. The average Bonchev–Trinajstić information content (AvgIpc) is 2.85. The van der Waals surface area contributed by atoms with Crippen LogP contribution in [0.5, 0.6) is 0 Å². The quantitative estimate of drug-likeness (QED) is 0.870. The molecule has 0 amide bonds. The molecular formula is C15H23N5. The highest BCUT2D eigenvalue weighted by Crippen LogP contribution is 2.23. The van der Waals surface area contributed by atoms with Crippen LogP contribution in [0.3, 0.4) is 0 Å². The van der Waals surface area contributed by atoms with Crippen LogP contribution < -0.4 is 5.73 Å². The number of hydrogen-bond acceptors (Lipinski definition) is 4. The number of imidazole rings is 1. The first-order valence-corrected chi connectivity index (χ1v) is 6.96. The smallest absolute Gasteiger partial charge is 0.122 e. The van der Waals surface area contributed by atoms with Gasteiger partial charge in [0.25, 0.3) is 0 Å². The van der Waals surface area contributed by atoms with Crippen LogP contribution in [-0.4, -0.2) is 32.5 Å². The summed E-state index contributed by atoms with van der Waals surface area (Å²) in [7, 11) is 4.08. The zero-order valence-electron chi connectivity index (χ0n) is 12.4. The summed E-state index contributed by atoms with van der Waals surface area (Å²) >= 11 is 0. The van der Waals surface area contributed by atoms with Crippen LogP contribution in [0.4, 0.5) is 0 Å². The van der Waals surface area contributed by atoms with Crippen molar-refractivity contribution in [1.29, 1.82) is 0 Å². The molecule has 0 aliphatic rings. The van der Waals surface area contributed by atoms with Gasteiger partial charge in [0.2, 0.25) is 0 Å². The van der Waals surface area contributed by atoms with Gasteiger partial charge in [-0.15, -0.1) is 0 Å². The van der Waals surface area contributed by atoms with Gasteiger partial charge < -0.3 is 10.3 Å². The second-order valence-corrected chi connectivity index (χ2v) is 5.14. The molecule has 2 N–H and O–H groups in total. The fourth-order valence-electron chi connectivity index (χ4n) is 2.42. The lowest BCUT2D eigenvalue weighted by Gasteiger charge is -2.31. The minimum atomic E-state index is 0.0511. The first-order valence-electron chi connectivity index (χ1n) is 6.96. The van der Waals surface area contributed by atoms with E-state index >= 15 is 0 Å². The summed E-state index contributed by atoms with van der Waals surface area (Å²) in [6, 6.07) is 6.12. The summed E-state index contributed by atoms with van der Waals surface area (Å²) in [6.45, 7) is 2.85. The molecule has 108 valence electrons. The molecule has 0 saturated heterocycles. The highest BCUT2D eigenvalue weighted by Gasteiger charge is 2.24. The number of hydrogen-bond donors (Lipinski definition) is 1. The van der Waals surface area contributed by atoms with E-state index in [1.807, 2.05) is 48.4 Å². The van der Waals surface area contributed by atoms with E-state index < -0.39 is 0 Å². The highest BCUT2D eigenvalue weighted by atomic mass is 15.2. The predicted molar refractivity (Wildman–Crippen MR) is 79.9 cm³/mol. The van der Waals surface area contributed by atoms with Crippen molar-refractivity contribution in [3.63, 3.8) is 0 Å². The summed E-state index contributed by atoms with van der Waals surface area (Å²) in [5.41, 5.74) is 7.32. The Morgan fingerprint density at radius 2 is 2.10 bits per heavy atom. The van der Waals surface area contributed by atoms with Gasteiger partial charge in [0, 0.05) is 31.7 Å². The Labute approximate surface area is 120 Å². The minimum Gasteiger partial charge on any atom is -0.337 e. The molecule has 0 radical (unpaired) electrons. The Kier molecular flexibility index (Phi) is 4.87. The molecule has 0 bridgehead atoms. The maximum Gasteiger partial charge on any atom is 0.122 e. The van der Waals surface area contributed by atoms with Crippen LogP contribution in [-0.2, 0) is 13.6 Å². The summed E-state index contributed by atoms with van der Waals surface area (Å²) in [6.07, 6.45) is 6.50. The molecule has 2 aromatic heterocycles. The summed E-state index contributed by atoms with van der Waals surface area (Å²) in [5, 5.41) is 0. The molecule has 2 atom stereocenters. The SMILES string of the molecule is CCC(N)C(c1ccccn1)N(C)Cc1nccn1C. The molecule has 0 fully saturated rings. The van der Waals surface area contributed by atoms with E-state index in [2.05, 4.69) is 28.8 Å². The van der Waals surface area contributed by atoms with Crippen molar-refractivity contribution in [1.82, 2.24) is 19.4 Å². The van der Waals surface area contributed by atoms with E-state index in [9.17, 15) is 0 Å². The lowest BCUT2D eigenvalue weighted by atomic mass is 10.0. The fourth-order valence-corrected chi connectivity index (χ4v) is 2.42. The predicted octanol–water partition coefficient (Wildman–Crippen LogP) is 1.73. The maximum atomic E-state index is 6.31. The first-order chi connectivity index (χ1) is 9.63. The van der Waals surface area contributed by atoms with Crippen LogP contribution in [0.25, 0.3) is 0 Å². The molecule has 2 rings (SSSR count). The number of aromatic nitrogens is 3. The van der Waals surface area contributed by atoms with Crippen molar-refractivity contribution in [3.8, 4) is 0 Å². The van der Waals surface area contributed by atoms with Crippen molar-refractivity contribution in [3.05, 3.63) is 48.3 Å². The normalized spacial score (nSPS) is 14.4. The highest BCUT2D eigenvalue weighted by molar-refractivity contribution is 5.11. The number of rotatable bonds is 6. The van der Waals surface area contributed by atoms with Crippen molar-refractivity contribution < 1.29 is 0 Å². The standard InChI is InChI=1S/C15H23N5/c1-4-12(16)15(13-7-5-6-8-17-13)20(3)11-14-18-9-10-19(14)2/h5-10,12,15H,4,11,16H2,1-3H3. The van der Waals surface area contributed by atoms with Gasteiger partial charge in [0.05, 0.1) is 18.3 Å². The second kappa shape index (κ2) is 6.63. The molecule has 0 spiro atoms. The summed E-state index contributed by atoms with van der Waals surface area (Å²) < 4.78 is 2.03. The number of likely N-dealkylation sites (N-methyl/N-ethyl adjacent to an activating group) is 1. The van der Waals surface area contributed by atoms with E-state index in [-0.39, 0.29) is 12.1 Å². The Morgan fingerprint density at radius 1 is 1.30 bits per heavy atom. The Morgan fingerprint density at radius 3 is 2.65 bits per heavy atom. The van der Waals surface area contributed by atoms with Crippen molar-refractivity contribution in [2.45, 2.75) is 32.0 Å². The summed E-state index contributed by atoms with van der Waals surface area (Å²) in [4.78, 5) is 11.1. The van der Waals surface area contributed by atoms with E-state index in [1.54, 1.807) is 0 Å². The zero-order chi connectivity index (χ0) is 14.5. The van der Waals surface area contributed by atoms with Gasteiger partial charge in [-0.3, -0.25) is 9.88 Å². The van der Waals surface area contributed by atoms with Gasteiger partial charge in [0.15, 0.2) is 0 Å². The van der Waals surface area contributed by atoms with Crippen molar-refractivity contribution >= 4 is 0 Å². The molecule has 5 nitrogen and oxygen atoms in total. The van der Waals surface area contributed by atoms with Gasteiger partial charge in [-0.05, 0) is 25.6 Å². The number of aryl methyl sites for hydroxylation is 1. The zero-order valence-corrected chi connectivity index (χ0v) is 12.4. The molecule has 0 aromatic carbocycles. The van der Waals surface area contributed by atoms with Crippen molar-refractivity contribution in [2.24, 2.45) is 12.8 Å². The molecule has 2 aromatic rings. The lowest BCUT2D eigenvalue weighted by molar-refractivity contribution is 0.191. The van der Waals surface area contributed by atoms with E-state index in [4.69, 9.17) is 5.73 Å². The molecule has 2 unspecified atom stereocenters. The van der Waals surface area contributed by atoms with Gasteiger partial charge in [-0.1, -0.05) is 13.0 Å². The maximum absolute atomic E-state index is 6.31. The van der Waals surface area contributed by atoms with Crippen molar-refractivity contribution in [2.75, 3.05) is 7.05 Å². The number of nitrogens with zero attached hydrogens (tertiary/aromatic N) is 4. The third-order valence-corrected chi connectivity index (χ3v) is 3.65. The van der Waals surface area contributed by atoms with Gasteiger partial charge in [-0.25, -0.2) is 4.98 Å². The molecule has 0 aliphatic carbocycles. The topological polar surface area (TPSA) is 60.0 Å². The molecule has 0 aliphatic heterocycles. The van der Waals surface area contributed by atoms with Gasteiger partial charge in [0.1, 0.15) is 5.82 Å². The Bertz CT molecular complexity index is 522. The first kappa shape index (κ1) is 14.7. The number of nitrogens with two attached hydrogens (primary N) is 1. The van der Waals surface area contributed by atoms with E-state index in [0.717, 1.165) is 24.5 Å². The summed E-state index contributed by atoms with van der Waals surface area (Å²) in [5.74, 6) is 1.02. The lowest BCUT2D eigenvalue weighted by Crippen LogP contribution is -2.39. The molecule has 5 heteroatoms. The Hall–Kier alpha value is -1.72. The molecule has 2 heterocycles. The second-order valence-electron chi connectivity index (χ2n) is 5.14. The van der Waals surface area contributed by atoms with Crippen LogP contribution in [0, 0.1) is 0 Å². The third-order valence-electron chi connectivity index (χ3n) is 3.65.